The molecule has 0 unspecified atom stereocenters. The van der Waals surface area contributed by atoms with Gasteiger partial charge in [0.2, 0.25) is 0 Å². The van der Waals surface area contributed by atoms with E-state index in [1.807, 2.05) is 25.1 Å². The standard InChI is InChI=1S/C20H25NO2/c1-5-9-18(10-8-13-21-22)14-16(4)19-15-17(6-2)11-12-20(19)23-7-3/h5,8,10-15H,1,6-7,9H2,2-4H3/b13-8+,16-14+,18-10-. The Bertz CT molecular complexity index is 625. The van der Waals surface area contributed by atoms with E-state index in [1.54, 1.807) is 6.08 Å². The average molecular weight is 311 g/mol. The first kappa shape index (κ1) is 18.6. The van der Waals surface area contributed by atoms with E-state index < -0.39 is 0 Å². The van der Waals surface area contributed by atoms with Crippen molar-refractivity contribution in [3.63, 3.8) is 0 Å². The van der Waals surface area contributed by atoms with Gasteiger partial charge in [0.25, 0.3) is 0 Å². The number of nitrogens with zero attached hydrogens (tertiary/aromatic N) is 1. The highest BCUT2D eigenvalue weighted by atomic mass is 16.5. The van der Waals surface area contributed by atoms with Crippen LogP contribution in [0.25, 0.3) is 5.57 Å². The molecule has 3 heteroatoms. The fraction of sp³-hybridized carbons (Fsp3) is 0.300. The van der Waals surface area contributed by atoms with Crippen molar-refractivity contribution in [1.82, 2.24) is 0 Å². The van der Waals surface area contributed by atoms with E-state index >= 15 is 0 Å². The van der Waals surface area contributed by atoms with Crippen LogP contribution in [0.3, 0.4) is 0 Å². The molecule has 0 saturated heterocycles. The number of benzene rings is 1. The number of hydrogen-bond donors (Lipinski definition) is 0. The molecule has 0 heterocycles. The predicted octanol–water partition coefficient (Wildman–Crippen LogP) is 5.83. The first-order valence-electron chi connectivity index (χ1n) is 7.89. The molecule has 1 aromatic rings. The lowest BCUT2D eigenvalue weighted by atomic mass is 9.99. The molecule has 0 radical (unpaired) electrons. The van der Waals surface area contributed by atoms with Crippen LogP contribution in [0, 0.1) is 4.91 Å². The van der Waals surface area contributed by atoms with Gasteiger partial charge in [-0.15, -0.1) is 11.5 Å². The normalized spacial score (nSPS) is 12.5. The molecule has 3 nitrogen and oxygen atoms in total. The van der Waals surface area contributed by atoms with Gasteiger partial charge in [0, 0.05) is 5.56 Å². The molecule has 0 aliphatic heterocycles. The zero-order valence-corrected chi connectivity index (χ0v) is 14.2. The molecule has 0 saturated carbocycles. The highest BCUT2D eigenvalue weighted by molar-refractivity contribution is 5.72. The van der Waals surface area contributed by atoms with E-state index in [0.29, 0.717) is 6.61 Å². The van der Waals surface area contributed by atoms with Crippen molar-refractivity contribution in [3.05, 3.63) is 76.9 Å². The topological polar surface area (TPSA) is 38.7 Å². The Hall–Kier alpha value is -2.42. The average Bonchev–Trinajstić information content (AvgIpc) is 2.55. The summed E-state index contributed by atoms with van der Waals surface area (Å²) in [6, 6.07) is 6.30. The maximum absolute atomic E-state index is 10.2. The number of rotatable bonds is 9. The van der Waals surface area contributed by atoms with Gasteiger partial charge in [0.05, 0.1) is 12.8 Å². The van der Waals surface area contributed by atoms with E-state index in [4.69, 9.17) is 4.74 Å². The molecule has 0 aliphatic rings. The van der Waals surface area contributed by atoms with E-state index in [-0.39, 0.29) is 0 Å². The Morgan fingerprint density at radius 3 is 2.74 bits per heavy atom. The molecule has 0 spiro atoms. The Morgan fingerprint density at radius 1 is 1.35 bits per heavy atom. The highest BCUT2D eigenvalue weighted by Crippen LogP contribution is 2.29. The molecule has 1 aromatic carbocycles. The van der Waals surface area contributed by atoms with E-state index in [2.05, 4.69) is 43.8 Å². The van der Waals surface area contributed by atoms with E-state index in [0.717, 1.165) is 35.3 Å². The summed E-state index contributed by atoms with van der Waals surface area (Å²) in [6.45, 7) is 10.6. The maximum Gasteiger partial charge on any atom is 0.126 e. The summed E-state index contributed by atoms with van der Waals surface area (Å²) in [5, 5.41) is 2.72. The van der Waals surface area contributed by atoms with Crippen LogP contribution in [0.1, 0.15) is 38.3 Å². The van der Waals surface area contributed by atoms with Gasteiger partial charge in [0.1, 0.15) is 5.75 Å². The summed E-state index contributed by atoms with van der Waals surface area (Å²) in [5.41, 5.74) is 4.54. The van der Waals surface area contributed by atoms with E-state index in [9.17, 15) is 4.91 Å². The van der Waals surface area contributed by atoms with Gasteiger partial charge in [-0.05, 0) is 66.8 Å². The van der Waals surface area contributed by atoms with Crippen molar-refractivity contribution in [2.45, 2.75) is 33.6 Å². The van der Waals surface area contributed by atoms with Crippen molar-refractivity contribution in [2.75, 3.05) is 6.61 Å². The van der Waals surface area contributed by atoms with Crippen LogP contribution in [0.5, 0.6) is 5.75 Å². The minimum Gasteiger partial charge on any atom is -0.493 e. The quantitative estimate of drug-likeness (QED) is 0.327. The number of aryl methyl sites for hydroxylation is 1. The molecule has 0 aromatic heterocycles. The molecule has 23 heavy (non-hydrogen) atoms. The zero-order valence-electron chi connectivity index (χ0n) is 14.2. The molecular formula is C20H25NO2. The predicted molar refractivity (Wildman–Crippen MR) is 98.5 cm³/mol. The monoisotopic (exact) mass is 311 g/mol. The van der Waals surface area contributed by atoms with Gasteiger partial charge in [-0.25, -0.2) is 0 Å². The lowest BCUT2D eigenvalue weighted by Gasteiger charge is -2.13. The van der Waals surface area contributed by atoms with Crippen molar-refractivity contribution in [1.29, 1.82) is 0 Å². The molecule has 0 aliphatic carbocycles. The number of allylic oxidation sites excluding steroid dienone is 6. The second-order valence-electron chi connectivity index (χ2n) is 5.13. The van der Waals surface area contributed by atoms with Crippen LogP contribution in [0.2, 0.25) is 0 Å². The maximum atomic E-state index is 10.2. The summed E-state index contributed by atoms with van der Waals surface area (Å²) >= 11 is 0. The van der Waals surface area contributed by atoms with Gasteiger partial charge in [-0.1, -0.05) is 31.2 Å². The third-order valence-electron chi connectivity index (χ3n) is 3.42. The van der Waals surface area contributed by atoms with Crippen LogP contribution < -0.4 is 4.74 Å². The fourth-order valence-corrected chi connectivity index (χ4v) is 2.29. The van der Waals surface area contributed by atoms with Crippen molar-refractivity contribution in [2.24, 2.45) is 5.18 Å². The number of hydrogen-bond acceptors (Lipinski definition) is 3. The van der Waals surface area contributed by atoms with Gasteiger partial charge in [0.15, 0.2) is 0 Å². The third kappa shape index (κ3) is 6.07. The van der Waals surface area contributed by atoms with Crippen LogP contribution in [-0.2, 0) is 6.42 Å². The van der Waals surface area contributed by atoms with Gasteiger partial charge in [-0.2, -0.15) is 0 Å². The Morgan fingerprint density at radius 2 is 2.13 bits per heavy atom. The van der Waals surface area contributed by atoms with Crippen LogP contribution in [0.4, 0.5) is 0 Å². The Balaban J connectivity index is 3.24. The van der Waals surface area contributed by atoms with Crippen molar-refractivity contribution < 1.29 is 4.74 Å². The lowest BCUT2D eigenvalue weighted by molar-refractivity contribution is 0.339. The van der Waals surface area contributed by atoms with Crippen LogP contribution in [0.15, 0.2) is 66.0 Å². The van der Waals surface area contributed by atoms with Gasteiger partial charge in [-0.3, -0.25) is 0 Å². The molecular weight excluding hydrogens is 286 g/mol. The SMILES string of the molecule is C=CCC(=C/C=C/N=O)/C=C(\C)c1cc(CC)ccc1OCC. The largest absolute Gasteiger partial charge is 0.493 e. The fourth-order valence-electron chi connectivity index (χ4n) is 2.29. The second-order valence-corrected chi connectivity index (χ2v) is 5.13. The number of nitroso groups, excluding NO2 is 1. The number of ether oxygens (including phenoxy) is 1. The highest BCUT2D eigenvalue weighted by Gasteiger charge is 2.07. The Labute approximate surface area is 139 Å². The summed E-state index contributed by atoms with van der Waals surface area (Å²) in [6.07, 6.45) is 10.4. The minimum atomic E-state index is 0.634. The van der Waals surface area contributed by atoms with Gasteiger partial charge < -0.3 is 4.74 Å². The van der Waals surface area contributed by atoms with E-state index in [1.165, 1.54) is 11.8 Å². The molecule has 0 amide bonds. The molecule has 0 N–H and O–H groups in total. The first-order chi connectivity index (χ1) is 11.2. The zero-order chi connectivity index (χ0) is 17.1. The molecule has 122 valence electrons. The van der Waals surface area contributed by atoms with Gasteiger partial charge >= 0.3 is 0 Å². The Kier molecular flexibility index (Phi) is 8.37. The molecule has 0 fully saturated rings. The first-order valence-corrected chi connectivity index (χ1v) is 7.89. The van der Waals surface area contributed by atoms with Crippen molar-refractivity contribution >= 4 is 5.57 Å². The lowest BCUT2D eigenvalue weighted by Crippen LogP contribution is -1.97. The third-order valence-corrected chi connectivity index (χ3v) is 3.42. The van der Waals surface area contributed by atoms with Crippen LogP contribution >= 0.6 is 0 Å². The molecule has 0 bridgehead atoms. The second kappa shape index (κ2) is 10.3. The van der Waals surface area contributed by atoms with Crippen LogP contribution in [-0.4, -0.2) is 6.61 Å². The minimum absolute atomic E-state index is 0.634. The molecule has 0 atom stereocenters. The summed E-state index contributed by atoms with van der Waals surface area (Å²) in [7, 11) is 0. The molecule has 1 rings (SSSR count). The smallest absolute Gasteiger partial charge is 0.126 e. The summed E-state index contributed by atoms with van der Waals surface area (Å²) < 4.78 is 5.75. The summed E-state index contributed by atoms with van der Waals surface area (Å²) in [5.74, 6) is 0.890. The van der Waals surface area contributed by atoms with Crippen molar-refractivity contribution in [3.8, 4) is 5.75 Å². The summed E-state index contributed by atoms with van der Waals surface area (Å²) in [4.78, 5) is 10.2.